The molecule has 2 unspecified atom stereocenters. The Bertz CT molecular complexity index is 510. The summed E-state index contributed by atoms with van der Waals surface area (Å²) in [5.41, 5.74) is 0.113. The van der Waals surface area contributed by atoms with Crippen LogP contribution in [0.15, 0.2) is 24.3 Å². The number of benzene rings is 1. The summed E-state index contributed by atoms with van der Waals surface area (Å²) in [5.74, 6) is -2.40. The number of nitrogens with one attached hydrogen (secondary N) is 1. The van der Waals surface area contributed by atoms with Gasteiger partial charge in [0.25, 0.3) is 0 Å². The molecule has 1 saturated heterocycles. The molecule has 1 aliphatic heterocycles. The van der Waals surface area contributed by atoms with Gasteiger partial charge in [0.1, 0.15) is 5.82 Å². The minimum Gasteiger partial charge on any atom is -0.311 e. The molecule has 2 atom stereocenters. The normalized spacial score (nSPS) is 22.9. The quantitative estimate of drug-likeness (QED) is 0.852. The first-order chi connectivity index (χ1) is 9.80. The van der Waals surface area contributed by atoms with Crippen LogP contribution in [0.5, 0.6) is 0 Å². The fraction of sp³-hybridized carbons (Fsp3) is 0.500. The largest absolute Gasteiger partial charge is 0.393 e. The lowest BCUT2D eigenvalue weighted by molar-refractivity contribution is -0.180. The van der Waals surface area contributed by atoms with Crippen molar-refractivity contribution in [1.29, 1.82) is 0 Å². The second-order valence-corrected chi connectivity index (χ2v) is 5.13. The molecule has 0 spiro atoms. The van der Waals surface area contributed by atoms with Gasteiger partial charge in [0.05, 0.1) is 17.6 Å². The standard InChI is InChI=1S/C14H16F4N2O/c1-20(12-5-3-2-4-10(12)15)13(21)11-7-6-9(8-19-11)14(16,17)18/h2-5,9,11,19H,6-8H2,1H3. The first kappa shape index (κ1) is 15.8. The van der Waals surface area contributed by atoms with E-state index in [1.165, 1.54) is 25.2 Å². The number of piperidine rings is 1. The molecule has 1 aromatic rings. The van der Waals surface area contributed by atoms with E-state index in [2.05, 4.69) is 5.32 Å². The fourth-order valence-electron chi connectivity index (χ4n) is 2.42. The molecule has 1 fully saturated rings. The number of likely N-dealkylation sites (N-methyl/N-ethyl adjacent to an activating group) is 1. The zero-order valence-electron chi connectivity index (χ0n) is 11.5. The van der Waals surface area contributed by atoms with Crippen molar-refractivity contribution in [3.63, 3.8) is 0 Å². The maximum absolute atomic E-state index is 13.6. The summed E-state index contributed by atoms with van der Waals surface area (Å²) >= 11 is 0. The Balaban J connectivity index is 2.01. The summed E-state index contributed by atoms with van der Waals surface area (Å²) in [6.45, 7) is -0.287. The minimum absolute atomic E-state index is 0.0851. The van der Waals surface area contributed by atoms with Crippen LogP contribution >= 0.6 is 0 Å². The SMILES string of the molecule is CN(C(=O)C1CCC(C(F)(F)F)CN1)c1ccccc1F. The highest BCUT2D eigenvalue weighted by Gasteiger charge is 2.42. The third-order valence-corrected chi connectivity index (χ3v) is 3.72. The van der Waals surface area contributed by atoms with E-state index >= 15 is 0 Å². The van der Waals surface area contributed by atoms with Crippen LogP contribution in [0.4, 0.5) is 23.2 Å². The van der Waals surface area contributed by atoms with Crippen LogP contribution in [0, 0.1) is 11.7 Å². The number of nitrogens with zero attached hydrogens (tertiary/aromatic N) is 1. The number of hydrogen-bond donors (Lipinski definition) is 1. The summed E-state index contributed by atoms with van der Waals surface area (Å²) < 4.78 is 51.3. The predicted octanol–water partition coefficient (Wildman–Crippen LogP) is 2.72. The lowest BCUT2D eigenvalue weighted by atomic mass is 9.93. The molecule has 21 heavy (non-hydrogen) atoms. The Morgan fingerprint density at radius 1 is 1.29 bits per heavy atom. The monoisotopic (exact) mass is 304 g/mol. The highest BCUT2D eigenvalue weighted by atomic mass is 19.4. The van der Waals surface area contributed by atoms with Gasteiger partial charge in [-0.3, -0.25) is 4.79 Å². The van der Waals surface area contributed by atoms with Crippen molar-refractivity contribution in [2.24, 2.45) is 5.92 Å². The molecule has 7 heteroatoms. The number of halogens is 4. The van der Waals surface area contributed by atoms with Crippen LogP contribution in [0.25, 0.3) is 0 Å². The third kappa shape index (κ3) is 3.53. The van der Waals surface area contributed by atoms with Crippen molar-refractivity contribution in [3.05, 3.63) is 30.1 Å². The van der Waals surface area contributed by atoms with E-state index in [4.69, 9.17) is 0 Å². The molecule has 1 N–H and O–H groups in total. The van der Waals surface area contributed by atoms with Gasteiger partial charge in [0.15, 0.2) is 0 Å². The Kier molecular flexibility index (Phi) is 4.51. The number of para-hydroxylation sites is 1. The van der Waals surface area contributed by atoms with Crippen LogP contribution < -0.4 is 10.2 Å². The number of hydrogen-bond acceptors (Lipinski definition) is 2. The second-order valence-electron chi connectivity index (χ2n) is 5.13. The molecular weight excluding hydrogens is 288 g/mol. The maximum Gasteiger partial charge on any atom is 0.393 e. The molecule has 116 valence electrons. The fourth-order valence-corrected chi connectivity index (χ4v) is 2.42. The number of carbonyl (C=O) groups is 1. The molecule has 0 radical (unpaired) electrons. The molecule has 0 aromatic heterocycles. The molecule has 0 bridgehead atoms. The van der Waals surface area contributed by atoms with Gasteiger partial charge in [0, 0.05) is 13.6 Å². The first-order valence-electron chi connectivity index (χ1n) is 6.63. The summed E-state index contributed by atoms with van der Waals surface area (Å²) in [6.07, 6.45) is -4.27. The molecular formula is C14H16F4N2O. The van der Waals surface area contributed by atoms with Crippen molar-refractivity contribution in [1.82, 2.24) is 5.32 Å². The summed E-state index contributed by atoms with van der Waals surface area (Å²) in [7, 11) is 1.41. The van der Waals surface area contributed by atoms with Crippen LogP contribution in [-0.4, -0.2) is 31.7 Å². The molecule has 1 aromatic carbocycles. The van der Waals surface area contributed by atoms with E-state index in [9.17, 15) is 22.4 Å². The van der Waals surface area contributed by atoms with Crippen LogP contribution in [0.2, 0.25) is 0 Å². The van der Waals surface area contributed by atoms with Gasteiger partial charge in [0.2, 0.25) is 5.91 Å². The Hall–Kier alpha value is -1.63. The average Bonchev–Trinajstić information content (AvgIpc) is 2.45. The van der Waals surface area contributed by atoms with E-state index in [1.807, 2.05) is 0 Å². The van der Waals surface area contributed by atoms with E-state index in [1.54, 1.807) is 6.07 Å². The van der Waals surface area contributed by atoms with Crippen molar-refractivity contribution in [3.8, 4) is 0 Å². The van der Waals surface area contributed by atoms with Gasteiger partial charge in [-0.1, -0.05) is 12.1 Å². The Morgan fingerprint density at radius 3 is 2.48 bits per heavy atom. The highest BCUT2D eigenvalue weighted by Crippen LogP contribution is 2.32. The van der Waals surface area contributed by atoms with E-state index in [0.29, 0.717) is 0 Å². The number of amides is 1. The lowest BCUT2D eigenvalue weighted by Gasteiger charge is -2.32. The number of anilines is 1. The third-order valence-electron chi connectivity index (χ3n) is 3.72. The van der Waals surface area contributed by atoms with Gasteiger partial charge in [-0.15, -0.1) is 0 Å². The van der Waals surface area contributed by atoms with Gasteiger partial charge in [-0.05, 0) is 25.0 Å². The molecule has 0 saturated carbocycles. The minimum atomic E-state index is -4.25. The number of carbonyl (C=O) groups excluding carboxylic acids is 1. The summed E-state index contributed by atoms with van der Waals surface area (Å²) in [5, 5.41) is 2.61. The number of rotatable bonds is 2. The van der Waals surface area contributed by atoms with Crippen molar-refractivity contribution in [2.75, 3.05) is 18.5 Å². The Labute approximate surface area is 119 Å². The molecule has 0 aliphatic carbocycles. The highest BCUT2D eigenvalue weighted by molar-refractivity contribution is 5.96. The second kappa shape index (κ2) is 6.01. The van der Waals surface area contributed by atoms with Gasteiger partial charge >= 0.3 is 6.18 Å². The van der Waals surface area contributed by atoms with E-state index < -0.39 is 29.9 Å². The molecule has 3 nitrogen and oxygen atoms in total. The predicted molar refractivity (Wildman–Crippen MR) is 70.4 cm³/mol. The van der Waals surface area contributed by atoms with E-state index in [-0.39, 0.29) is 25.1 Å². The van der Waals surface area contributed by atoms with Crippen molar-refractivity contribution >= 4 is 11.6 Å². The molecule has 1 heterocycles. The van der Waals surface area contributed by atoms with Crippen molar-refractivity contribution in [2.45, 2.75) is 25.1 Å². The van der Waals surface area contributed by atoms with Gasteiger partial charge in [-0.2, -0.15) is 13.2 Å². The smallest absolute Gasteiger partial charge is 0.311 e. The van der Waals surface area contributed by atoms with Gasteiger partial charge in [-0.25, -0.2) is 4.39 Å². The summed E-state index contributed by atoms with van der Waals surface area (Å²) in [6, 6.07) is 5.06. The molecule has 1 amide bonds. The van der Waals surface area contributed by atoms with Crippen LogP contribution in [0.3, 0.4) is 0 Å². The molecule has 2 rings (SSSR count). The zero-order chi connectivity index (χ0) is 15.6. The first-order valence-corrected chi connectivity index (χ1v) is 6.63. The van der Waals surface area contributed by atoms with Gasteiger partial charge < -0.3 is 10.2 Å². The number of alkyl halides is 3. The van der Waals surface area contributed by atoms with Crippen LogP contribution in [0.1, 0.15) is 12.8 Å². The molecule has 1 aliphatic rings. The Morgan fingerprint density at radius 2 is 1.95 bits per heavy atom. The van der Waals surface area contributed by atoms with Crippen molar-refractivity contribution < 1.29 is 22.4 Å². The topological polar surface area (TPSA) is 32.3 Å². The lowest BCUT2D eigenvalue weighted by Crippen LogP contribution is -2.51. The maximum atomic E-state index is 13.6. The van der Waals surface area contributed by atoms with Crippen LogP contribution in [-0.2, 0) is 4.79 Å². The zero-order valence-corrected chi connectivity index (χ0v) is 11.5. The van der Waals surface area contributed by atoms with E-state index in [0.717, 1.165) is 4.90 Å². The average molecular weight is 304 g/mol. The summed E-state index contributed by atoms with van der Waals surface area (Å²) in [4.78, 5) is 13.4.